The molecule has 0 N–H and O–H groups in total. The van der Waals surface area contributed by atoms with E-state index in [2.05, 4.69) is 23.8 Å². The van der Waals surface area contributed by atoms with Gasteiger partial charge in [0.2, 0.25) is 5.95 Å². The number of hydrogen-bond acceptors (Lipinski definition) is 4. The molecule has 0 aliphatic heterocycles. The number of rotatable bonds is 3. The minimum absolute atomic E-state index is 0.253. The Labute approximate surface area is 119 Å². The van der Waals surface area contributed by atoms with Gasteiger partial charge in [-0.25, -0.2) is 9.20 Å². The van der Waals surface area contributed by atoms with Gasteiger partial charge in [0.1, 0.15) is 5.65 Å². The zero-order chi connectivity index (χ0) is 15.0. The molecule has 2 aromatic rings. The summed E-state index contributed by atoms with van der Waals surface area (Å²) in [6.45, 7) is 11.0. The fourth-order valence-electron chi connectivity index (χ4n) is 2.44. The van der Waals surface area contributed by atoms with Gasteiger partial charge in [0, 0.05) is 19.3 Å². The standard InChI is InChI=1S/C15H22N4O/c1-7-8-18(6)14-16-13-11(4)9(2)10(3)12(5)19(13)15(20)17-14/h7-8H2,1-6H3. The van der Waals surface area contributed by atoms with Gasteiger partial charge in [-0.3, -0.25) is 0 Å². The smallest absolute Gasteiger partial charge is 0.344 e. The van der Waals surface area contributed by atoms with E-state index in [9.17, 15) is 4.79 Å². The molecule has 2 rings (SSSR count). The molecule has 0 aliphatic rings. The number of hydrogen-bond donors (Lipinski definition) is 0. The van der Waals surface area contributed by atoms with Gasteiger partial charge in [0.05, 0.1) is 0 Å². The number of aryl methyl sites for hydroxylation is 2. The maximum Gasteiger partial charge on any atom is 0.356 e. The number of pyridine rings is 1. The van der Waals surface area contributed by atoms with Crippen molar-refractivity contribution in [1.29, 1.82) is 0 Å². The Bertz CT molecular complexity index is 718. The molecule has 108 valence electrons. The van der Waals surface area contributed by atoms with E-state index in [0.717, 1.165) is 29.8 Å². The van der Waals surface area contributed by atoms with Crippen molar-refractivity contribution in [3.05, 3.63) is 32.9 Å². The minimum Gasteiger partial charge on any atom is -0.344 e. The third kappa shape index (κ3) is 2.17. The molecule has 0 saturated carbocycles. The summed E-state index contributed by atoms with van der Waals surface area (Å²) in [5.41, 5.74) is 4.72. The predicted molar refractivity (Wildman–Crippen MR) is 81.8 cm³/mol. The molecule has 0 amide bonds. The average molecular weight is 274 g/mol. The Hall–Kier alpha value is -1.91. The van der Waals surface area contributed by atoms with Crippen LogP contribution < -0.4 is 10.6 Å². The normalized spacial score (nSPS) is 11.1. The van der Waals surface area contributed by atoms with Crippen molar-refractivity contribution in [2.24, 2.45) is 0 Å². The van der Waals surface area contributed by atoms with Crippen LogP contribution in [0.3, 0.4) is 0 Å². The average Bonchev–Trinajstić information content (AvgIpc) is 2.42. The molecule has 2 aromatic heterocycles. The summed E-state index contributed by atoms with van der Waals surface area (Å²) in [5, 5.41) is 0. The van der Waals surface area contributed by atoms with Crippen LogP contribution in [0.2, 0.25) is 0 Å². The second-order valence-electron chi connectivity index (χ2n) is 5.35. The molecular formula is C15H22N4O. The van der Waals surface area contributed by atoms with Gasteiger partial charge >= 0.3 is 5.69 Å². The van der Waals surface area contributed by atoms with Crippen molar-refractivity contribution in [2.45, 2.75) is 41.0 Å². The molecular weight excluding hydrogens is 252 g/mol. The second kappa shape index (κ2) is 5.23. The highest BCUT2D eigenvalue weighted by Gasteiger charge is 2.14. The van der Waals surface area contributed by atoms with Crippen molar-refractivity contribution in [3.63, 3.8) is 0 Å². The second-order valence-corrected chi connectivity index (χ2v) is 5.35. The summed E-state index contributed by atoms with van der Waals surface area (Å²) < 4.78 is 1.61. The molecule has 0 fully saturated rings. The first-order valence-electron chi connectivity index (χ1n) is 6.96. The van der Waals surface area contributed by atoms with Crippen LogP contribution in [-0.2, 0) is 0 Å². The van der Waals surface area contributed by atoms with Gasteiger partial charge in [-0.1, -0.05) is 6.92 Å². The van der Waals surface area contributed by atoms with Crippen LogP contribution in [0, 0.1) is 27.7 Å². The van der Waals surface area contributed by atoms with Gasteiger partial charge in [0.15, 0.2) is 0 Å². The fourth-order valence-corrected chi connectivity index (χ4v) is 2.44. The van der Waals surface area contributed by atoms with E-state index in [4.69, 9.17) is 0 Å². The molecule has 0 atom stereocenters. The number of aromatic nitrogens is 3. The van der Waals surface area contributed by atoms with Crippen molar-refractivity contribution in [3.8, 4) is 0 Å². The highest BCUT2D eigenvalue weighted by Crippen LogP contribution is 2.20. The van der Waals surface area contributed by atoms with E-state index in [1.807, 2.05) is 32.7 Å². The maximum absolute atomic E-state index is 12.3. The molecule has 0 aromatic carbocycles. The molecule has 0 saturated heterocycles. The molecule has 0 spiro atoms. The first-order chi connectivity index (χ1) is 9.38. The predicted octanol–water partition coefficient (Wildman–Crippen LogP) is 2.17. The number of nitrogens with zero attached hydrogens (tertiary/aromatic N) is 4. The molecule has 5 nitrogen and oxygen atoms in total. The van der Waals surface area contributed by atoms with Crippen molar-refractivity contribution < 1.29 is 0 Å². The SMILES string of the molecule is CCCN(C)c1nc(=O)n2c(C)c(C)c(C)c(C)c2n1. The molecule has 0 bridgehead atoms. The van der Waals surface area contributed by atoms with Crippen LogP contribution in [-0.4, -0.2) is 28.0 Å². The summed E-state index contributed by atoms with van der Waals surface area (Å²) in [4.78, 5) is 23.0. The van der Waals surface area contributed by atoms with Gasteiger partial charge in [-0.05, 0) is 50.8 Å². The summed E-state index contributed by atoms with van der Waals surface area (Å²) in [6.07, 6.45) is 0.990. The van der Waals surface area contributed by atoms with Crippen molar-refractivity contribution in [1.82, 2.24) is 14.4 Å². The van der Waals surface area contributed by atoms with E-state index in [-0.39, 0.29) is 5.69 Å². The monoisotopic (exact) mass is 274 g/mol. The van der Waals surface area contributed by atoms with E-state index in [1.54, 1.807) is 4.40 Å². The van der Waals surface area contributed by atoms with E-state index < -0.39 is 0 Å². The van der Waals surface area contributed by atoms with Crippen LogP contribution in [0.5, 0.6) is 0 Å². The first kappa shape index (κ1) is 14.5. The molecule has 0 aliphatic carbocycles. The first-order valence-corrected chi connectivity index (χ1v) is 6.96. The molecule has 0 radical (unpaired) electrons. The Morgan fingerprint density at radius 3 is 2.30 bits per heavy atom. The molecule has 2 heterocycles. The summed E-state index contributed by atoms with van der Waals surface area (Å²) in [5.74, 6) is 0.502. The Morgan fingerprint density at radius 1 is 1.05 bits per heavy atom. The number of anilines is 1. The van der Waals surface area contributed by atoms with Crippen molar-refractivity contribution >= 4 is 11.6 Å². The summed E-state index contributed by atoms with van der Waals surface area (Å²) in [6, 6.07) is 0. The van der Waals surface area contributed by atoms with E-state index in [1.165, 1.54) is 5.56 Å². The lowest BCUT2D eigenvalue weighted by atomic mass is 10.0. The van der Waals surface area contributed by atoms with Crippen LogP contribution in [0.1, 0.15) is 35.7 Å². The Kier molecular flexibility index (Phi) is 3.79. The third-order valence-electron chi connectivity index (χ3n) is 4.04. The topological polar surface area (TPSA) is 50.5 Å². The summed E-state index contributed by atoms with van der Waals surface area (Å²) >= 11 is 0. The lowest BCUT2D eigenvalue weighted by Crippen LogP contribution is -2.28. The van der Waals surface area contributed by atoms with E-state index in [0.29, 0.717) is 11.6 Å². The summed E-state index contributed by atoms with van der Waals surface area (Å²) in [7, 11) is 1.91. The highest BCUT2D eigenvalue weighted by atomic mass is 16.1. The fraction of sp³-hybridized carbons (Fsp3) is 0.533. The van der Waals surface area contributed by atoms with Gasteiger partial charge in [-0.2, -0.15) is 9.97 Å². The third-order valence-corrected chi connectivity index (χ3v) is 4.04. The molecule has 20 heavy (non-hydrogen) atoms. The van der Waals surface area contributed by atoms with Crippen LogP contribution in [0.15, 0.2) is 4.79 Å². The van der Waals surface area contributed by atoms with Crippen LogP contribution >= 0.6 is 0 Å². The maximum atomic E-state index is 12.3. The lowest BCUT2D eigenvalue weighted by Gasteiger charge is -2.18. The Morgan fingerprint density at radius 2 is 1.70 bits per heavy atom. The van der Waals surface area contributed by atoms with Gasteiger partial charge in [-0.15, -0.1) is 0 Å². The largest absolute Gasteiger partial charge is 0.356 e. The van der Waals surface area contributed by atoms with Crippen LogP contribution in [0.25, 0.3) is 5.65 Å². The quantitative estimate of drug-likeness (QED) is 0.860. The lowest BCUT2D eigenvalue weighted by molar-refractivity contribution is 0.793. The van der Waals surface area contributed by atoms with E-state index >= 15 is 0 Å². The molecule has 5 heteroatoms. The minimum atomic E-state index is -0.253. The zero-order valence-electron chi connectivity index (χ0n) is 13.1. The van der Waals surface area contributed by atoms with Gasteiger partial charge in [0.25, 0.3) is 0 Å². The zero-order valence-corrected chi connectivity index (χ0v) is 13.1. The number of fused-ring (bicyclic) bond motifs is 1. The van der Waals surface area contributed by atoms with Crippen molar-refractivity contribution in [2.75, 3.05) is 18.5 Å². The molecule has 0 unspecified atom stereocenters. The Balaban J connectivity index is 2.81. The van der Waals surface area contributed by atoms with Gasteiger partial charge < -0.3 is 4.90 Å². The van der Waals surface area contributed by atoms with Crippen LogP contribution in [0.4, 0.5) is 5.95 Å². The highest BCUT2D eigenvalue weighted by molar-refractivity contribution is 5.56.